The molecule has 0 unspecified atom stereocenters. The van der Waals surface area contributed by atoms with E-state index in [0.29, 0.717) is 24.5 Å². The van der Waals surface area contributed by atoms with Crippen LogP contribution in [0.15, 0.2) is 48.5 Å². The van der Waals surface area contributed by atoms with Crippen LogP contribution in [-0.2, 0) is 11.2 Å². The zero-order chi connectivity index (χ0) is 20.2. The first-order chi connectivity index (χ1) is 13.7. The first kappa shape index (κ1) is 21.4. The highest BCUT2D eigenvalue weighted by atomic mass is 16.5. The molecule has 0 atom stereocenters. The van der Waals surface area contributed by atoms with E-state index in [1.54, 1.807) is 26.4 Å². The van der Waals surface area contributed by atoms with Crippen molar-refractivity contribution >= 4 is 12.0 Å². The first-order valence-corrected chi connectivity index (χ1v) is 9.56. The van der Waals surface area contributed by atoms with Crippen LogP contribution in [0.25, 0.3) is 6.08 Å². The summed E-state index contributed by atoms with van der Waals surface area (Å²) in [5.41, 5.74) is 2.03. The molecule has 0 spiro atoms. The van der Waals surface area contributed by atoms with Gasteiger partial charge in [-0.15, -0.1) is 0 Å². The Morgan fingerprint density at radius 1 is 1.04 bits per heavy atom. The summed E-state index contributed by atoms with van der Waals surface area (Å²) in [5.74, 6) is 2.11. The maximum atomic E-state index is 12.0. The predicted molar refractivity (Wildman–Crippen MR) is 112 cm³/mol. The second kappa shape index (κ2) is 11.7. The summed E-state index contributed by atoms with van der Waals surface area (Å²) in [5, 5.41) is 2.89. The Kier molecular flexibility index (Phi) is 8.92. The van der Waals surface area contributed by atoms with Crippen molar-refractivity contribution in [1.82, 2.24) is 5.32 Å². The van der Waals surface area contributed by atoms with E-state index in [1.165, 1.54) is 0 Å². The predicted octanol–water partition coefficient (Wildman–Crippen LogP) is 4.25. The van der Waals surface area contributed by atoms with Gasteiger partial charge < -0.3 is 19.5 Å². The molecule has 0 aliphatic carbocycles. The third-order valence-corrected chi connectivity index (χ3v) is 4.23. The highest BCUT2D eigenvalue weighted by Gasteiger charge is 2.04. The monoisotopic (exact) mass is 383 g/mol. The van der Waals surface area contributed by atoms with Crippen molar-refractivity contribution in [2.45, 2.75) is 26.2 Å². The van der Waals surface area contributed by atoms with Gasteiger partial charge in [0, 0.05) is 12.6 Å². The molecule has 0 radical (unpaired) electrons. The number of nitrogens with one attached hydrogen (secondary N) is 1. The molecule has 150 valence electrons. The molecule has 2 rings (SSSR count). The van der Waals surface area contributed by atoms with Gasteiger partial charge >= 0.3 is 0 Å². The molecule has 0 aliphatic heterocycles. The van der Waals surface area contributed by atoms with E-state index in [2.05, 4.69) is 12.2 Å². The average Bonchev–Trinajstić information content (AvgIpc) is 2.73. The van der Waals surface area contributed by atoms with Gasteiger partial charge in [-0.25, -0.2) is 0 Å². The Bertz CT molecular complexity index is 769. The number of amides is 1. The van der Waals surface area contributed by atoms with E-state index >= 15 is 0 Å². The van der Waals surface area contributed by atoms with E-state index < -0.39 is 0 Å². The standard InChI is InChI=1S/C23H29NO4/c1-4-5-16-28-20-10-6-18(7-11-20)9-13-23(25)24-15-14-19-8-12-21(26-2)22(17-19)27-3/h6-13,17H,4-5,14-16H2,1-3H3,(H,24,25). The smallest absolute Gasteiger partial charge is 0.244 e. The zero-order valence-corrected chi connectivity index (χ0v) is 16.9. The summed E-state index contributed by atoms with van der Waals surface area (Å²) in [7, 11) is 3.22. The molecule has 28 heavy (non-hydrogen) atoms. The van der Waals surface area contributed by atoms with Crippen LogP contribution in [0.4, 0.5) is 0 Å². The largest absolute Gasteiger partial charge is 0.494 e. The van der Waals surface area contributed by atoms with Gasteiger partial charge in [0.15, 0.2) is 11.5 Å². The lowest BCUT2D eigenvalue weighted by Crippen LogP contribution is -2.23. The van der Waals surface area contributed by atoms with Gasteiger partial charge in [0.05, 0.1) is 20.8 Å². The van der Waals surface area contributed by atoms with E-state index in [4.69, 9.17) is 14.2 Å². The molecular formula is C23H29NO4. The van der Waals surface area contributed by atoms with E-state index in [1.807, 2.05) is 42.5 Å². The summed E-state index contributed by atoms with van der Waals surface area (Å²) >= 11 is 0. The Labute approximate surface area is 167 Å². The van der Waals surface area contributed by atoms with Crippen molar-refractivity contribution in [2.75, 3.05) is 27.4 Å². The normalized spacial score (nSPS) is 10.7. The SMILES string of the molecule is CCCCOc1ccc(C=CC(=O)NCCc2ccc(OC)c(OC)c2)cc1. The lowest BCUT2D eigenvalue weighted by molar-refractivity contribution is -0.116. The topological polar surface area (TPSA) is 56.8 Å². The lowest BCUT2D eigenvalue weighted by atomic mass is 10.1. The van der Waals surface area contributed by atoms with Crippen LogP contribution < -0.4 is 19.5 Å². The molecule has 0 saturated heterocycles. The van der Waals surface area contributed by atoms with Crippen molar-refractivity contribution in [1.29, 1.82) is 0 Å². The van der Waals surface area contributed by atoms with Crippen LogP contribution in [0.2, 0.25) is 0 Å². The van der Waals surface area contributed by atoms with Gasteiger partial charge in [-0.2, -0.15) is 0 Å². The number of carbonyl (C=O) groups excluding carboxylic acids is 1. The van der Waals surface area contributed by atoms with Crippen molar-refractivity contribution in [3.8, 4) is 17.2 Å². The number of hydrogen-bond acceptors (Lipinski definition) is 4. The fraction of sp³-hybridized carbons (Fsp3) is 0.348. The van der Waals surface area contributed by atoms with Gasteiger partial charge in [0.1, 0.15) is 5.75 Å². The molecule has 5 nitrogen and oxygen atoms in total. The van der Waals surface area contributed by atoms with Gasteiger partial charge in [-0.05, 0) is 54.3 Å². The minimum atomic E-state index is -0.122. The van der Waals surface area contributed by atoms with Crippen molar-refractivity contribution < 1.29 is 19.0 Å². The molecule has 1 amide bonds. The number of benzene rings is 2. The summed E-state index contributed by atoms with van der Waals surface area (Å²) < 4.78 is 16.2. The number of ether oxygens (including phenoxy) is 3. The molecule has 0 aromatic heterocycles. The van der Waals surface area contributed by atoms with Crippen LogP contribution >= 0.6 is 0 Å². The quantitative estimate of drug-likeness (QED) is 0.465. The molecule has 0 fully saturated rings. The lowest BCUT2D eigenvalue weighted by Gasteiger charge is -2.09. The number of carbonyl (C=O) groups is 1. The molecule has 1 N–H and O–H groups in total. The summed E-state index contributed by atoms with van der Waals surface area (Å²) in [4.78, 5) is 12.0. The fourth-order valence-electron chi connectivity index (χ4n) is 2.61. The van der Waals surface area contributed by atoms with Crippen molar-refractivity contribution in [2.24, 2.45) is 0 Å². The van der Waals surface area contributed by atoms with Gasteiger partial charge in [0.25, 0.3) is 0 Å². The Morgan fingerprint density at radius 3 is 2.46 bits per heavy atom. The maximum absolute atomic E-state index is 12.0. The number of methoxy groups -OCH3 is 2. The molecule has 5 heteroatoms. The summed E-state index contributed by atoms with van der Waals surface area (Å²) in [6, 6.07) is 13.5. The van der Waals surface area contributed by atoms with E-state index in [9.17, 15) is 4.79 Å². The third-order valence-electron chi connectivity index (χ3n) is 4.23. The second-order valence-electron chi connectivity index (χ2n) is 6.33. The maximum Gasteiger partial charge on any atom is 0.244 e. The molecule has 0 saturated carbocycles. The highest BCUT2D eigenvalue weighted by Crippen LogP contribution is 2.27. The molecule has 0 aliphatic rings. The Balaban J connectivity index is 1.77. The van der Waals surface area contributed by atoms with Gasteiger partial charge in [-0.1, -0.05) is 31.5 Å². The Morgan fingerprint density at radius 2 is 1.79 bits per heavy atom. The van der Waals surface area contributed by atoms with Crippen LogP contribution in [0.3, 0.4) is 0 Å². The number of unbranched alkanes of at least 4 members (excludes halogenated alkanes) is 1. The van der Waals surface area contributed by atoms with E-state index in [-0.39, 0.29) is 5.91 Å². The summed E-state index contributed by atoms with van der Waals surface area (Å²) in [6.07, 6.45) is 6.21. The second-order valence-corrected chi connectivity index (χ2v) is 6.33. The minimum Gasteiger partial charge on any atom is -0.494 e. The fourth-order valence-corrected chi connectivity index (χ4v) is 2.61. The van der Waals surface area contributed by atoms with Crippen molar-refractivity contribution in [3.05, 3.63) is 59.7 Å². The van der Waals surface area contributed by atoms with Crippen LogP contribution in [0, 0.1) is 0 Å². The molecule has 2 aromatic rings. The van der Waals surface area contributed by atoms with E-state index in [0.717, 1.165) is 36.3 Å². The van der Waals surface area contributed by atoms with Crippen LogP contribution in [0.1, 0.15) is 30.9 Å². The molecule has 0 bridgehead atoms. The Hall–Kier alpha value is -2.95. The molecule has 2 aromatic carbocycles. The van der Waals surface area contributed by atoms with Crippen LogP contribution in [0.5, 0.6) is 17.2 Å². The first-order valence-electron chi connectivity index (χ1n) is 9.56. The molecular weight excluding hydrogens is 354 g/mol. The van der Waals surface area contributed by atoms with Gasteiger partial charge in [-0.3, -0.25) is 4.79 Å². The minimum absolute atomic E-state index is 0.122. The van der Waals surface area contributed by atoms with Gasteiger partial charge in [0.2, 0.25) is 5.91 Å². The van der Waals surface area contributed by atoms with Crippen molar-refractivity contribution in [3.63, 3.8) is 0 Å². The average molecular weight is 383 g/mol. The number of rotatable bonds is 11. The summed E-state index contributed by atoms with van der Waals surface area (Å²) in [6.45, 7) is 3.41. The number of hydrogen-bond donors (Lipinski definition) is 1. The molecule has 0 heterocycles. The van der Waals surface area contributed by atoms with Crippen LogP contribution in [-0.4, -0.2) is 33.3 Å². The highest BCUT2D eigenvalue weighted by molar-refractivity contribution is 5.91. The third kappa shape index (κ3) is 6.99. The zero-order valence-electron chi connectivity index (χ0n) is 16.9.